The topological polar surface area (TPSA) is 53.7 Å². The van der Waals surface area contributed by atoms with Gasteiger partial charge in [-0.3, -0.25) is 4.79 Å². The van der Waals surface area contributed by atoms with E-state index in [4.69, 9.17) is 4.42 Å². The van der Waals surface area contributed by atoms with E-state index in [2.05, 4.69) is 0 Å². The van der Waals surface area contributed by atoms with E-state index in [9.17, 15) is 9.90 Å². The molecule has 0 amide bonds. The lowest BCUT2D eigenvalue weighted by molar-refractivity contribution is 0.384. The van der Waals surface area contributed by atoms with E-state index in [-0.39, 0.29) is 23.6 Å². The molecule has 0 unspecified atom stereocenters. The van der Waals surface area contributed by atoms with Crippen LogP contribution in [0, 0.1) is 6.92 Å². The summed E-state index contributed by atoms with van der Waals surface area (Å²) in [6, 6.07) is 12.7. The molecular formula is C19H20ClNO3. The fourth-order valence-corrected chi connectivity index (χ4v) is 2.73. The Balaban J connectivity index is 0.00000208. The van der Waals surface area contributed by atoms with Crippen molar-refractivity contribution in [2.45, 2.75) is 13.5 Å². The minimum atomic E-state index is -0.0647. The molecular weight excluding hydrogens is 326 g/mol. The van der Waals surface area contributed by atoms with E-state index in [1.807, 2.05) is 49.3 Å². The standard InChI is InChI=1S/C19H19NO3.ClH/c1-12-17(22)14-9-10-16(21)15(11-20(2)3)19(14)23-18(12)13-7-5-4-6-8-13;/h4-10,21H,11H2,1-3H3;1H. The molecule has 0 bridgehead atoms. The van der Waals surface area contributed by atoms with Gasteiger partial charge in [0.15, 0.2) is 5.43 Å². The number of aromatic hydroxyl groups is 1. The number of phenolic OH excluding ortho intramolecular Hbond substituents is 1. The summed E-state index contributed by atoms with van der Waals surface area (Å²) >= 11 is 0. The summed E-state index contributed by atoms with van der Waals surface area (Å²) in [4.78, 5) is 14.6. The molecule has 24 heavy (non-hydrogen) atoms. The summed E-state index contributed by atoms with van der Waals surface area (Å²) in [6.45, 7) is 2.26. The van der Waals surface area contributed by atoms with Crippen molar-refractivity contribution >= 4 is 23.4 Å². The van der Waals surface area contributed by atoms with E-state index in [0.29, 0.717) is 34.4 Å². The Kier molecular flexibility index (Phi) is 5.32. The normalized spacial score (nSPS) is 10.8. The number of phenols is 1. The fourth-order valence-electron chi connectivity index (χ4n) is 2.73. The number of rotatable bonds is 3. The van der Waals surface area contributed by atoms with E-state index < -0.39 is 0 Å². The molecule has 0 aliphatic heterocycles. The van der Waals surface area contributed by atoms with Gasteiger partial charge in [0, 0.05) is 17.7 Å². The van der Waals surface area contributed by atoms with Gasteiger partial charge >= 0.3 is 0 Å². The van der Waals surface area contributed by atoms with Crippen LogP contribution in [0.2, 0.25) is 0 Å². The first-order valence-electron chi connectivity index (χ1n) is 7.47. The molecule has 1 aromatic heterocycles. The molecule has 0 spiro atoms. The molecule has 2 aromatic carbocycles. The largest absolute Gasteiger partial charge is 0.507 e. The zero-order chi connectivity index (χ0) is 16.6. The lowest BCUT2D eigenvalue weighted by atomic mass is 10.0. The monoisotopic (exact) mass is 345 g/mol. The molecule has 3 aromatic rings. The highest BCUT2D eigenvalue weighted by molar-refractivity contribution is 5.85. The summed E-state index contributed by atoms with van der Waals surface area (Å²) in [5, 5.41) is 10.7. The summed E-state index contributed by atoms with van der Waals surface area (Å²) in [5.74, 6) is 0.686. The number of halogens is 1. The van der Waals surface area contributed by atoms with Crippen LogP contribution in [0.3, 0.4) is 0 Å². The zero-order valence-corrected chi connectivity index (χ0v) is 14.7. The number of hydrogen-bond acceptors (Lipinski definition) is 4. The highest BCUT2D eigenvalue weighted by Crippen LogP contribution is 2.31. The van der Waals surface area contributed by atoms with Gasteiger partial charge < -0.3 is 14.4 Å². The first kappa shape index (κ1) is 18.0. The SMILES string of the molecule is Cc1c(-c2ccccc2)oc2c(CN(C)C)c(O)ccc2c1=O.Cl. The van der Waals surface area contributed by atoms with Gasteiger partial charge in [-0.15, -0.1) is 12.4 Å². The van der Waals surface area contributed by atoms with Crippen LogP contribution in [-0.2, 0) is 6.54 Å². The number of benzene rings is 2. The van der Waals surface area contributed by atoms with E-state index in [0.717, 1.165) is 5.56 Å². The Morgan fingerprint density at radius 3 is 2.38 bits per heavy atom. The van der Waals surface area contributed by atoms with Crippen molar-refractivity contribution in [3.63, 3.8) is 0 Å². The number of hydrogen-bond donors (Lipinski definition) is 1. The maximum atomic E-state index is 12.7. The van der Waals surface area contributed by atoms with Gasteiger partial charge in [0.2, 0.25) is 0 Å². The van der Waals surface area contributed by atoms with Gasteiger partial charge in [0.05, 0.1) is 10.9 Å². The molecule has 0 fully saturated rings. The van der Waals surface area contributed by atoms with Crippen LogP contribution in [0.15, 0.2) is 51.7 Å². The second-order valence-corrected chi connectivity index (χ2v) is 5.93. The molecule has 0 radical (unpaired) electrons. The molecule has 3 rings (SSSR count). The average molecular weight is 346 g/mol. The summed E-state index contributed by atoms with van der Waals surface area (Å²) in [6.07, 6.45) is 0. The lowest BCUT2D eigenvalue weighted by Gasteiger charge is -2.14. The van der Waals surface area contributed by atoms with Crippen LogP contribution in [0.5, 0.6) is 5.75 Å². The fraction of sp³-hybridized carbons (Fsp3) is 0.211. The molecule has 5 heteroatoms. The third kappa shape index (κ3) is 3.16. The Hall–Kier alpha value is -2.30. The lowest BCUT2D eigenvalue weighted by Crippen LogP contribution is -2.13. The zero-order valence-electron chi connectivity index (χ0n) is 13.9. The molecule has 0 aliphatic rings. The van der Waals surface area contributed by atoms with Gasteiger partial charge in [0.25, 0.3) is 0 Å². The molecule has 4 nitrogen and oxygen atoms in total. The Morgan fingerprint density at radius 1 is 1.08 bits per heavy atom. The van der Waals surface area contributed by atoms with Crippen LogP contribution in [0.25, 0.3) is 22.3 Å². The quantitative estimate of drug-likeness (QED) is 0.780. The van der Waals surface area contributed by atoms with Crippen molar-refractivity contribution in [3.05, 3.63) is 63.8 Å². The van der Waals surface area contributed by atoms with E-state index in [1.165, 1.54) is 0 Å². The summed E-state index contributed by atoms with van der Waals surface area (Å²) < 4.78 is 6.09. The minimum absolute atomic E-state index is 0. The summed E-state index contributed by atoms with van der Waals surface area (Å²) in [7, 11) is 3.81. The van der Waals surface area contributed by atoms with Crippen molar-refractivity contribution in [2.24, 2.45) is 0 Å². The van der Waals surface area contributed by atoms with E-state index >= 15 is 0 Å². The third-order valence-electron chi connectivity index (χ3n) is 3.88. The van der Waals surface area contributed by atoms with Gasteiger partial charge in [-0.2, -0.15) is 0 Å². The van der Waals surface area contributed by atoms with Crippen molar-refractivity contribution in [1.29, 1.82) is 0 Å². The van der Waals surface area contributed by atoms with Crippen molar-refractivity contribution < 1.29 is 9.52 Å². The molecule has 0 saturated heterocycles. The maximum absolute atomic E-state index is 12.7. The summed E-state index contributed by atoms with van der Waals surface area (Å²) in [5.41, 5.74) is 2.44. The molecule has 1 heterocycles. The van der Waals surface area contributed by atoms with Crippen molar-refractivity contribution in [1.82, 2.24) is 4.90 Å². The average Bonchev–Trinajstić information content (AvgIpc) is 2.54. The Morgan fingerprint density at radius 2 is 1.75 bits per heavy atom. The van der Waals surface area contributed by atoms with Crippen LogP contribution in [-0.4, -0.2) is 24.1 Å². The number of nitrogens with zero attached hydrogens (tertiary/aromatic N) is 1. The molecule has 126 valence electrons. The Bertz CT molecular complexity index is 917. The number of fused-ring (bicyclic) bond motifs is 1. The predicted octanol–water partition coefficient (Wildman–Crippen LogP) is 3.96. The highest BCUT2D eigenvalue weighted by Gasteiger charge is 2.17. The first-order chi connectivity index (χ1) is 11.0. The van der Waals surface area contributed by atoms with E-state index in [1.54, 1.807) is 19.1 Å². The van der Waals surface area contributed by atoms with Crippen LogP contribution in [0.4, 0.5) is 0 Å². The van der Waals surface area contributed by atoms with Crippen molar-refractivity contribution in [2.75, 3.05) is 14.1 Å². The maximum Gasteiger partial charge on any atom is 0.196 e. The van der Waals surface area contributed by atoms with Crippen LogP contribution >= 0.6 is 12.4 Å². The van der Waals surface area contributed by atoms with Crippen LogP contribution < -0.4 is 5.43 Å². The first-order valence-corrected chi connectivity index (χ1v) is 7.47. The predicted molar refractivity (Wildman–Crippen MR) is 99.0 cm³/mol. The van der Waals surface area contributed by atoms with Crippen molar-refractivity contribution in [3.8, 4) is 17.1 Å². The molecule has 1 N–H and O–H groups in total. The molecule has 0 saturated carbocycles. The second-order valence-electron chi connectivity index (χ2n) is 5.93. The molecule has 0 aliphatic carbocycles. The van der Waals surface area contributed by atoms with Gasteiger partial charge in [-0.1, -0.05) is 30.3 Å². The minimum Gasteiger partial charge on any atom is -0.507 e. The van der Waals surface area contributed by atoms with Crippen LogP contribution in [0.1, 0.15) is 11.1 Å². The third-order valence-corrected chi connectivity index (χ3v) is 3.88. The van der Waals surface area contributed by atoms with Gasteiger partial charge in [0.1, 0.15) is 17.1 Å². The smallest absolute Gasteiger partial charge is 0.196 e. The molecule has 0 atom stereocenters. The Labute approximate surface area is 146 Å². The second kappa shape index (κ2) is 7.07. The highest BCUT2D eigenvalue weighted by atomic mass is 35.5. The van der Waals surface area contributed by atoms with Gasteiger partial charge in [-0.05, 0) is 33.2 Å². The van der Waals surface area contributed by atoms with Gasteiger partial charge in [-0.25, -0.2) is 0 Å².